The first-order valence-electron chi connectivity index (χ1n) is 7.19. The van der Waals surface area contributed by atoms with Crippen LogP contribution in [0.25, 0.3) is 0 Å². The van der Waals surface area contributed by atoms with E-state index in [0.717, 1.165) is 17.1 Å². The Morgan fingerprint density at radius 1 is 1.29 bits per heavy atom. The van der Waals surface area contributed by atoms with Crippen LogP contribution in [-0.2, 0) is 10.8 Å². The normalized spacial score (nSPS) is 15.6. The van der Waals surface area contributed by atoms with Crippen molar-refractivity contribution in [3.63, 3.8) is 0 Å². The van der Waals surface area contributed by atoms with E-state index in [0.29, 0.717) is 6.42 Å². The molecule has 5 heteroatoms. The predicted molar refractivity (Wildman–Crippen MR) is 84.0 cm³/mol. The van der Waals surface area contributed by atoms with E-state index in [9.17, 15) is 5.26 Å². The second-order valence-electron chi connectivity index (χ2n) is 6.89. The molecule has 0 saturated heterocycles. The van der Waals surface area contributed by atoms with Gasteiger partial charge in [-0.1, -0.05) is 26.8 Å². The predicted octanol–water partition coefficient (Wildman–Crippen LogP) is 3.87. The van der Waals surface area contributed by atoms with Crippen molar-refractivity contribution in [1.82, 2.24) is 0 Å². The maximum Gasteiger partial charge on any atom is 0.231 e. The monoisotopic (exact) mass is 305 g/mol. The topological polar surface area (TPSA) is 51.5 Å². The summed E-state index contributed by atoms with van der Waals surface area (Å²) in [5.41, 5.74) is 1.03. The van der Waals surface area contributed by atoms with Gasteiger partial charge in [0.1, 0.15) is 6.10 Å². The number of nitrogens with zero attached hydrogens (tertiary/aromatic N) is 1. The van der Waals surface area contributed by atoms with Gasteiger partial charge in [-0.05, 0) is 35.8 Å². The minimum Gasteiger partial charge on any atom is -0.454 e. The minimum atomic E-state index is -1.94. The van der Waals surface area contributed by atoms with Crippen LogP contribution in [0.3, 0.4) is 0 Å². The smallest absolute Gasteiger partial charge is 0.231 e. The Labute approximate surface area is 127 Å². The van der Waals surface area contributed by atoms with Gasteiger partial charge in [0.2, 0.25) is 6.79 Å². The highest BCUT2D eigenvalue weighted by Gasteiger charge is 2.39. The quantitative estimate of drug-likeness (QED) is 0.792. The molecule has 0 N–H and O–H groups in total. The molecule has 0 fully saturated rings. The average Bonchev–Trinajstić information content (AvgIpc) is 2.83. The molecule has 2 rings (SSSR count). The number of benzene rings is 1. The first-order valence-corrected chi connectivity index (χ1v) is 10.1. The molecule has 1 heterocycles. The van der Waals surface area contributed by atoms with Crippen molar-refractivity contribution in [3.8, 4) is 17.6 Å². The molecule has 0 aliphatic carbocycles. The summed E-state index contributed by atoms with van der Waals surface area (Å²) in [4.78, 5) is 0. The second kappa shape index (κ2) is 5.70. The van der Waals surface area contributed by atoms with Crippen molar-refractivity contribution < 1.29 is 13.9 Å². The van der Waals surface area contributed by atoms with E-state index >= 15 is 0 Å². The van der Waals surface area contributed by atoms with Crippen LogP contribution in [0.15, 0.2) is 18.2 Å². The zero-order valence-electron chi connectivity index (χ0n) is 13.4. The summed E-state index contributed by atoms with van der Waals surface area (Å²) in [5, 5.41) is 9.50. The third kappa shape index (κ3) is 3.58. The lowest BCUT2D eigenvalue weighted by Gasteiger charge is -2.37. The Morgan fingerprint density at radius 3 is 2.57 bits per heavy atom. The summed E-state index contributed by atoms with van der Waals surface area (Å²) in [5.74, 6) is 1.51. The van der Waals surface area contributed by atoms with E-state index in [-0.39, 0.29) is 11.8 Å². The lowest BCUT2D eigenvalue weighted by molar-refractivity contribution is 0.174. The highest BCUT2D eigenvalue weighted by molar-refractivity contribution is 6.74. The van der Waals surface area contributed by atoms with Crippen molar-refractivity contribution in [1.29, 1.82) is 5.26 Å². The Hall–Kier alpha value is -1.51. The number of hydrogen-bond acceptors (Lipinski definition) is 4. The van der Waals surface area contributed by atoms with Gasteiger partial charge in [0.05, 0.1) is 6.07 Å². The molecule has 1 aromatic carbocycles. The molecule has 1 aliphatic rings. The lowest BCUT2D eigenvalue weighted by Crippen LogP contribution is -2.44. The highest BCUT2D eigenvalue weighted by Crippen LogP contribution is 2.38. The molecule has 1 atom stereocenters. The molecule has 0 unspecified atom stereocenters. The van der Waals surface area contributed by atoms with Crippen LogP contribution in [0.5, 0.6) is 11.5 Å². The van der Waals surface area contributed by atoms with E-state index in [4.69, 9.17) is 13.9 Å². The fourth-order valence-electron chi connectivity index (χ4n) is 1.93. The van der Waals surface area contributed by atoms with Crippen molar-refractivity contribution in [2.75, 3.05) is 6.79 Å². The molecular formula is C16H23NO3Si. The van der Waals surface area contributed by atoms with Gasteiger partial charge in [-0.25, -0.2) is 0 Å². The molecule has 1 aliphatic heterocycles. The maximum atomic E-state index is 9.40. The average molecular weight is 305 g/mol. The SMILES string of the molecule is CC(C)(C)[Si](C)(C)O[C@@H](C#N)Cc1ccc2c(c1)OCO2. The van der Waals surface area contributed by atoms with Crippen LogP contribution in [0.1, 0.15) is 26.3 Å². The zero-order chi connectivity index (χ0) is 15.7. The molecule has 0 saturated carbocycles. The van der Waals surface area contributed by atoms with Gasteiger partial charge in [-0.15, -0.1) is 0 Å². The largest absolute Gasteiger partial charge is 0.454 e. The molecule has 0 spiro atoms. The van der Waals surface area contributed by atoms with Crippen LogP contribution in [0, 0.1) is 11.3 Å². The lowest BCUT2D eigenvalue weighted by atomic mass is 10.1. The van der Waals surface area contributed by atoms with Gasteiger partial charge < -0.3 is 13.9 Å². The van der Waals surface area contributed by atoms with Crippen LogP contribution in [0.2, 0.25) is 18.1 Å². The standard InChI is InChI=1S/C16H23NO3Si/c1-16(2,3)21(4,5)20-13(10-17)8-12-6-7-14-15(9-12)19-11-18-14/h6-7,9,13H,8,11H2,1-5H3/t13-/m1/s1. The van der Waals surface area contributed by atoms with Crippen molar-refractivity contribution >= 4 is 8.32 Å². The third-order valence-electron chi connectivity index (χ3n) is 4.25. The highest BCUT2D eigenvalue weighted by atomic mass is 28.4. The van der Waals surface area contributed by atoms with Crippen LogP contribution >= 0.6 is 0 Å². The number of ether oxygens (including phenoxy) is 2. The van der Waals surface area contributed by atoms with E-state index in [1.807, 2.05) is 18.2 Å². The van der Waals surface area contributed by atoms with Gasteiger partial charge in [0.15, 0.2) is 19.8 Å². The van der Waals surface area contributed by atoms with E-state index in [2.05, 4.69) is 39.9 Å². The van der Waals surface area contributed by atoms with Gasteiger partial charge in [0, 0.05) is 6.42 Å². The Kier molecular flexibility index (Phi) is 4.31. The molecule has 0 aromatic heterocycles. The first-order chi connectivity index (χ1) is 9.73. The van der Waals surface area contributed by atoms with Crippen LogP contribution < -0.4 is 9.47 Å². The van der Waals surface area contributed by atoms with E-state index < -0.39 is 14.4 Å². The zero-order valence-corrected chi connectivity index (χ0v) is 14.4. The molecule has 0 radical (unpaired) electrons. The van der Waals surface area contributed by atoms with E-state index in [1.165, 1.54) is 0 Å². The maximum absolute atomic E-state index is 9.40. The molecule has 4 nitrogen and oxygen atoms in total. The summed E-state index contributed by atoms with van der Waals surface area (Å²) in [6.45, 7) is 11.1. The first kappa shape index (κ1) is 15.9. The van der Waals surface area contributed by atoms with Gasteiger partial charge in [-0.3, -0.25) is 0 Å². The fraction of sp³-hybridized carbons (Fsp3) is 0.562. The number of nitriles is 1. The molecular weight excluding hydrogens is 282 g/mol. The summed E-state index contributed by atoms with van der Waals surface area (Å²) in [6, 6.07) is 8.07. The Morgan fingerprint density at radius 2 is 1.95 bits per heavy atom. The summed E-state index contributed by atoms with van der Waals surface area (Å²) >= 11 is 0. The molecule has 1 aromatic rings. The van der Waals surface area contributed by atoms with Gasteiger partial charge in [0.25, 0.3) is 0 Å². The van der Waals surface area contributed by atoms with Crippen LogP contribution in [0.4, 0.5) is 0 Å². The molecule has 0 amide bonds. The molecule has 0 bridgehead atoms. The van der Waals surface area contributed by atoms with Gasteiger partial charge >= 0.3 is 0 Å². The summed E-state index contributed by atoms with van der Waals surface area (Å²) in [6.07, 6.45) is 0.144. The van der Waals surface area contributed by atoms with Crippen molar-refractivity contribution in [2.45, 2.75) is 51.4 Å². The van der Waals surface area contributed by atoms with Crippen molar-refractivity contribution in [3.05, 3.63) is 23.8 Å². The van der Waals surface area contributed by atoms with E-state index in [1.54, 1.807) is 0 Å². The number of hydrogen-bond donors (Lipinski definition) is 0. The third-order valence-corrected chi connectivity index (χ3v) is 8.73. The number of rotatable bonds is 4. The fourth-order valence-corrected chi connectivity index (χ4v) is 3.13. The molecule has 114 valence electrons. The molecule has 21 heavy (non-hydrogen) atoms. The second-order valence-corrected chi connectivity index (χ2v) is 11.6. The summed E-state index contributed by atoms with van der Waals surface area (Å²) in [7, 11) is -1.94. The van der Waals surface area contributed by atoms with Gasteiger partial charge in [-0.2, -0.15) is 5.26 Å². The van der Waals surface area contributed by atoms with Crippen molar-refractivity contribution in [2.24, 2.45) is 0 Å². The Balaban J connectivity index is 2.08. The summed E-state index contributed by atoms with van der Waals surface area (Å²) < 4.78 is 16.9. The Bertz CT molecular complexity index is 558. The van der Waals surface area contributed by atoms with Crippen LogP contribution in [-0.4, -0.2) is 21.2 Å². The minimum absolute atomic E-state index is 0.0942. The number of fused-ring (bicyclic) bond motifs is 1.